The van der Waals surface area contributed by atoms with Gasteiger partial charge in [-0.25, -0.2) is 8.78 Å². The highest BCUT2D eigenvalue weighted by Crippen LogP contribution is 2.19. The zero-order chi connectivity index (χ0) is 16.8. The Balaban J connectivity index is 2.25. The highest BCUT2D eigenvalue weighted by molar-refractivity contribution is 6.03. The van der Waals surface area contributed by atoms with E-state index in [1.165, 1.54) is 23.1 Å². The molecule has 0 aromatic heterocycles. The Hall–Kier alpha value is -3.00. The van der Waals surface area contributed by atoms with Crippen molar-refractivity contribution in [2.45, 2.75) is 6.92 Å². The van der Waals surface area contributed by atoms with Gasteiger partial charge in [-0.15, -0.1) is 0 Å². The number of nitrogens with zero attached hydrogens (tertiary/aromatic N) is 2. The van der Waals surface area contributed by atoms with Crippen LogP contribution in [0.3, 0.4) is 0 Å². The maximum Gasteiger partial charge on any atom is 0.250 e. The monoisotopic (exact) mass is 312 g/mol. The molecule has 0 bridgehead atoms. The van der Waals surface area contributed by atoms with E-state index >= 15 is 0 Å². The highest BCUT2D eigenvalue weighted by Gasteiger charge is 2.13. The first-order valence-corrected chi connectivity index (χ1v) is 7.00. The van der Waals surface area contributed by atoms with E-state index in [0.29, 0.717) is 17.7 Å². The topological polar surface area (TPSA) is 44.1 Å². The number of carbonyl (C=O) groups is 1. The molecule has 0 heterocycles. The summed E-state index contributed by atoms with van der Waals surface area (Å²) < 4.78 is 26.3. The van der Waals surface area contributed by atoms with Crippen LogP contribution in [-0.2, 0) is 4.79 Å². The van der Waals surface area contributed by atoms with Gasteiger partial charge in [-0.2, -0.15) is 5.26 Å². The Morgan fingerprint density at radius 1 is 1.22 bits per heavy atom. The molecule has 0 N–H and O–H groups in total. The molecule has 0 unspecified atom stereocenters. The number of likely N-dealkylation sites (N-methyl/N-ethyl adjacent to an activating group) is 1. The Kier molecular flexibility index (Phi) is 5.21. The standard InChI is InChI=1S/C18H14F2N2O/c1-2-22(15-8-9-16(19)17(20)11-15)18(23)10-7-13-5-3-4-6-14(13)12-21/h3-11H,2H2,1H3/b10-7+. The van der Waals surface area contributed by atoms with Gasteiger partial charge in [0.1, 0.15) is 0 Å². The van der Waals surface area contributed by atoms with Crippen LogP contribution in [-0.4, -0.2) is 12.5 Å². The first-order chi connectivity index (χ1) is 11.1. The number of nitriles is 1. The summed E-state index contributed by atoms with van der Waals surface area (Å²) in [7, 11) is 0. The van der Waals surface area contributed by atoms with Crippen LogP contribution in [0, 0.1) is 23.0 Å². The molecule has 23 heavy (non-hydrogen) atoms. The van der Waals surface area contributed by atoms with Crippen molar-refractivity contribution in [1.29, 1.82) is 5.26 Å². The molecule has 2 aromatic rings. The van der Waals surface area contributed by atoms with E-state index in [1.54, 1.807) is 31.2 Å². The quantitative estimate of drug-likeness (QED) is 0.804. The SMILES string of the molecule is CCN(C(=O)/C=C/c1ccccc1C#N)c1ccc(F)c(F)c1. The number of hydrogen-bond donors (Lipinski definition) is 0. The van der Waals surface area contributed by atoms with Gasteiger partial charge in [0.25, 0.3) is 5.91 Å². The minimum atomic E-state index is -1.01. The molecule has 0 saturated carbocycles. The Labute approximate surface area is 133 Å². The molecule has 2 rings (SSSR count). The van der Waals surface area contributed by atoms with Crippen LogP contribution >= 0.6 is 0 Å². The van der Waals surface area contributed by atoms with Gasteiger partial charge in [0.2, 0.25) is 0 Å². The van der Waals surface area contributed by atoms with Crippen LogP contribution in [0.25, 0.3) is 6.08 Å². The fourth-order valence-corrected chi connectivity index (χ4v) is 2.11. The summed E-state index contributed by atoms with van der Waals surface area (Å²) in [6.07, 6.45) is 2.84. The van der Waals surface area contributed by atoms with Gasteiger partial charge in [0, 0.05) is 24.4 Å². The predicted octanol–water partition coefficient (Wildman–Crippen LogP) is 3.90. The maximum atomic E-state index is 13.3. The second kappa shape index (κ2) is 7.32. The molecular formula is C18H14F2N2O. The van der Waals surface area contributed by atoms with E-state index in [1.807, 2.05) is 6.07 Å². The fraction of sp³-hybridized carbons (Fsp3) is 0.111. The van der Waals surface area contributed by atoms with Crippen LogP contribution in [0.15, 0.2) is 48.5 Å². The van der Waals surface area contributed by atoms with Gasteiger partial charge in [-0.1, -0.05) is 18.2 Å². The van der Waals surface area contributed by atoms with E-state index in [-0.39, 0.29) is 11.6 Å². The number of rotatable bonds is 4. The second-order valence-electron chi connectivity index (χ2n) is 4.71. The lowest BCUT2D eigenvalue weighted by atomic mass is 10.1. The molecule has 1 amide bonds. The summed E-state index contributed by atoms with van der Waals surface area (Å²) in [5, 5.41) is 9.02. The normalized spacial score (nSPS) is 10.5. The molecule has 5 heteroatoms. The predicted molar refractivity (Wildman–Crippen MR) is 84.6 cm³/mol. The molecule has 0 radical (unpaired) electrons. The largest absolute Gasteiger partial charge is 0.309 e. The minimum Gasteiger partial charge on any atom is -0.309 e. The Morgan fingerprint density at radius 3 is 2.61 bits per heavy atom. The summed E-state index contributed by atoms with van der Waals surface area (Å²) in [4.78, 5) is 13.6. The Bertz CT molecular complexity index is 794. The van der Waals surface area contributed by atoms with Crippen LogP contribution < -0.4 is 4.90 Å². The minimum absolute atomic E-state index is 0.273. The highest BCUT2D eigenvalue weighted by atomic mass is 19.2. The molecule has 0 spiro atoms. The summed E-state index contributed by atoms with van der Waals surface area (Å²) in [6, 6.07) is 12.2. The van der Waals surface area contributed by atoms with E-state index < -0.39 is 11.6 Å². The zero-order valence-electron chi connectivity index (χ0n) is 12.5. The number of amides is 1. The van der Waals surface area contributed by atoms with Gasteiger partial charge < -0.3 is 4.90 Å². The van der Waals surface area contributed by atoms with Crippen molar-refractivity contribution < 1.29 is 13.6 Å². The molecule has 0 aliphatic rings. The van der Waals surface area contributed by atoms with Crippen molar-refractivity contribution in [3.63, 3.8) is 0 Å². The molecule has 0 saturated heterocycles. The summed E-state index contributed by atoms with van der Waals surface area (Å²) in [6.45, 7) is 2.03. The van der Waals surface area contributed by atoms with Crippen molar-refractivity contribution >= 4 is 17.7 Å². The van der Waals surface area contributed by atoms with Crippen molar-refractivity contribution in [3.8, 4) is 6.07 Å². The molecule has 3 nitrogen and oxygen atoms in total. The molecule has 0 aliphatic heterocycles. The lowest BCUT2D eigenvalue weighted by molar-refractivity contribution is -0.114. The molecule has 0 aliphatic carbocycles. The molecule has 0 fully saturated rings. The Morgan fingerprint density at radius 2 is 1.96 bits per heavy atom. The summed E-state index contributed by atoms with van der Waals surface area (Å²) in [5.74, 6) is -2.35. The molecule has 0 atom stereocenters. The van der Waals surface area contributed by atoms with E-state index in [2.05, 4.69) is 0 Å². The maximum absolute atomic E-state index is 13.3. The molecular weight excluding hydrogens is 298 g/mol. The average Bonchev–Trinajstić information content (AvgIpc) is 2.57. The average molecular weight is 312 g/mol. The van der Waals surface area contributed by atoms with Crippen molar-refractivity contribution in [1.82, 2.24) is 0 Å². The fourth-order valence-electron chi connectivity index (χ4n) is 2.11. The third-order valence-corrected chi connectivity index (χ3v) is 3.28. The van der Waals surface area contributed by atoms with Crippen LogP contribution in [0.4, 0.5) is 14.5 Å². The number of halogens is 2. The number of hydrogen-bond acceptors (Lipinski definition) is 2. The third-order valence-electron chi connectivity index (χ3n) is 3.28. The van der Waals surface area contributed by atoms with E-state index in [9.17, 15) is 13.6 Å². The molecule has 2 aromatic carbocycles. The lowest BCUT2D eigenvalue weighted by Gasteiger charge is -2.19. The van der Waals surface area contributed by atoms with Gasteiger partial charge in [0.05, 0.1) is 11.6 Å². The van der Waals surface area contributed by atoms with Crippen LogP contribution in [0.1, 0.15) is 18.1 Å². The number of carbonyl (C=O) groups excluding carboxylic acids is 1. The number of anilines is 1. The summed E-state index contributed by atoms with van der Waals surface area (Å²) in [5.41, 5.74) is 1.34. The zero-order valence-corrected chi connectivity index (χ0v) is 12.5. The van der Waals surface area contributed by atoms with E-state index in [0.717, 1.165) is 12.1 Å². The third kappa shape index (κ3) is 3.80. The van der Waals surface area contributed by atoms with Crippen LogP contribution in [0.5, 0.6) is 0 Å². The van der Waals surface area contributed by atoms with Crippen molar-refractivity contribution in [2.75, 3.05) is 11.4 Å². The molecule has 116 valence electrons. The summed E-state index contributed by atoms with van der Waals surface area (Å²) >= 11 is 0. The van der Waals surface area contributed by atoms with Gasteiger partial charge >= 0.3 is 0 Å². The van der Waals surface area contributed by atoms with Gasteiger partial charge in [-0.05, 0) is 36.8 Å². The first-order valence-electron chi connectivity index (χ1n) is 7.00. The van der Waals surface area contributed by atoms with Crippen molar-refractivity contribution in [2.24, 2.45) is 0 Å². The van der Waals surface area contributed by atoms with Gasteiger partial charge in [0.15, 0.2) is 11.6 Å². The lowest BCUT2D eigenvalue weighted by Crippen LogP contribution is -2.28. The van der Waals surface area contributed by atoms with Crippen molar-refractivity contribution in [3.05, 3.63) is 71.3 Å². The second-order valence-corrected chi connectivity index (χ2v) is 4.71. The first kappa shape index (κ1) is 16.4. The van der Waals surface area contributed by atoms with E-state index in [4.69, 9.17) is 5.26 Å². The smallest absolute Gasteiger partial charge is 0.250 e. The number of benzene rings is 2. The van der Waals surface area contributed by atoms with Gasteiger partial charge in [-0.3, -0.25) is 4.79 Å². The van der Waals surface area contributed by atoms with Crippen LogP contribution in [0.2, 0.25) is 0 Å².